The van der Waals surface area contributed by atoms with Crippen LogP contribution in [0.25, 0.3) is 0 Å². The van der Waals surface area contributed by atoms with Gasteiger partial charge in [0.15, 0.2) is 0 Å². The van der Waals surface area contributed by atoms with E-state index in [-0.39, 0.29) is 23.8 Å². The Hall–Kier alpha value is -2.15. The molecular weight excluding hydrogens is 299 g/mol. The highest BCUT2D eigenvalue weighted by Crippen LogP contribution is 2.14. The molecule has 3 amide bonds. The van der Waals surface area contributed by atoms with Crippen LogP contribution in [0, 0.1) is 5.82 Å². The Kier molecular flexibility index (Phi) is 4.76. The number of piperidine rings is 1. The van der Waals surface area contributed by atoms with Crippen LogP contribution in [0.1, 0.15) is 18.4 Å². The van der Waals surface area contributed by atoms with Crippen LogP contribution < -0.4 is 16.0 Å². The maximum absolute atomic E-state index is 12.9. The molecule has 3 N–H and O–H groups in total. The fourth-order valence-corrected chi connectivity index (χ4v) is 3.00. The minimum absolute atomic E-state index is 0.125. The zero-order chi connectivity index (χ0) is 16.2. The van der Waals surface area contributed by atoms with E-state index in [1.807, 2.05) is 0 Å². The van der Waals surface area contributed by atoms with Gasteiger partial charge in [0.05, 0.1) is 0 Å². The van der Waals surface area contributed by atoms with Crippen molar-refractivity contribution in [3.05, 3.63) is 35.6 Å². The van der Waals surface area contributed by atoms with Crippen LogP contribution in [0.5, 0.6) is 0 Å². The fraction of sp³-hybridized carbons (Fsp3) is 0.500. The van der Waals surface area contributed by atoms with E-state index >= 15 is 0 Å². The van der Waals surface area contributed by atoms with E-state index in [0.717, 1.165) is 38.0 Å². The maximum Gasteiger partial charge on any atom is 0.315 e. The number of amides is 3. The van der Waals surface area contributed by atoms with Crippen LogP contribution >= 0.6 is 0 Å². The molecule has 2 heterocycles. The Labute approximate surface area is 134 Å². The van der Waals surface area contributed by atoms with E-state index in [4.69, 9.17) is 0 Å². The standard InChI is InChI=1S/C16H21FN4O2/c17-12-3-1-11(2-4-12)10-21-7-5-13(6-8-21)19-15(22)14-9-18-16(23)20-14/h1-4,13-14H,5-10H2,(H,19,22)(H2,18,20,23)/t14-/m1/s1. The lowest BCUT2D eigenvalue weighted by Gasteiger charge is -2.32. The highest BCUT2D eigenvalue weighted by Gasteiger charge is 2.29. The van der Waals surface area contributed by atoms with Crippen LogP contribution in [0.15, 0.2) is 24.3 Å². The van der Waals surface area contributed by atoms with Gasteiger partial charge in [0.25, 0.3) is 0 Å². The van der Waals surface area contributed by atoms with Crippen molar-refractivity contribution in [3.63, 3.8) is 0 Å². The molecule has 2 fully saturated rings. The van der Waals surface area contributed by atoms with Crippen LogP contribution in [-0.2, 0) is 11.3 Å². The van der Waals surface area contributed by atoms with Crippen LogP contribution in [-0.4, -0.2) is 48.6 Å². The van der Waals surface area contributed by atoms with Crippen molar-refractivity contribution in [2.24, 2.45) is 0 Å². The van der Waals surface area contributed by atoms with Crippen molar-refractivity contribution in [2.75, 3.05) is 19.6 Å². The van der Waals surface area contributed by atoms with Crippen LogP contribution in [0.4, 0.5) is 9.18 Å². The lowest BCUT2D eigenvalue weighted by atomic mass is 10.0. The Morgan fingerprint density at radius 3 is 2.57 bits per heavy atom. The number of nitrogens with zero attached hydrogens (tertiary/aromatic N) is 1. The second-order valence-electron chi connectivity index (χ2n) is 6.09. The molecule has 1 aromatic carbocycles. The van der Waals surface area contributed by atoms with Crippen molar-refractivity contribution >= 4 is 11.9 Å². The topological polar surface area (TPSA) is 73.5 Å². The molecule has 2 saturated heterocycles. The third-order valence-corrected chi connectivity index (χ3v) is 4.34. The van der Waals surface area contributed by atoms with Gasteiger partial charge in [-0.1, -0.05) is 12.1 Å². The van der Waals surface area contributed by atoms with E-state index in [1.54, 1.807) is 12.1 Å². The number of rotatable bonds is 4. The zero-order valence-electron chi connectivity index (χ0n) is 12.8. The number of likely N-dealkylation sites (tertiary alicyclic amines) is 1. The average molecular weight is 320 g/mol. The molecule has 124 valence electrons. The number of benzene rings is 1. The first-order chi connectivity index (χ1) is 11.1. The highest BCUT2D eigenvalue weighted by atomic mass is 19.1. The van der Waals surface area contributed by atoms with Crippen LogP contribution in [0.2, 0.25) is 0 Å². The van der Waals surface area contributed by atoms with E-state index in [0.29, 0.717) is 6.54 Å². The van der Waals surface area contributed by atoms with E-state index in [9.17, 15) is 14.0 Å². The van der Waals surface area contributed by atoms with Gasteiger partial charge in [0.1, 0.15) is 11.9 Å². The highest BCUT2D eigenvalue weighted by molar-refractivity contribution is 5.90. The van der Waals surface area contributed by atoms with E-state index < -0.39 is 6.04 Å². The minimum Gasteiger partial charge on any atom is -0.351 e. The number of urea groups is 1. The van der Waals surface area contributed by atoms with Gasteiger partial charge in [-0.25, -0.2) is 9.18 Å². The smallest absolute Gasteiger partial charge is 0.315 e. The second-order valence-corrected chi connectivity index (χ2v) is 6.09. The van der Waals surface area contributed by atoms with E-state index in [1.165, 1.54) is 12.1 Å². The number of carbonyl (C=O) groups is 2. The van der Waals surface area contributed by atoms with Gasteiger partial charge in [0, 0.05) is 32.2 Å². The predicted molar refractivity (Wildman–Crippen MR) is 83.2 cm³/mol. The number of hydrogen-bond acceptors (Lipinski definition) is 3. The average Bonchev–Trinajstić information content (AvgIpc) is 2.98. The Morgan fingerprint density at radius 2 is 1.96 bits per heavy atom. The minimum atomic E-state index is -0.472. The van der Waals surface area contributed by atoms with Gasteiger partial charge in [-0.15, -0.1) is 0 Å². The molecule has 2 aliphatic rings. The molecule has 0 radical (unpaired) electrons. The summed E-state index contributed by atoms with van der Waals surface area (Å²) in [6, 6.07) is 5.94. The number of hydrogen-bond donors (Lipinski definition) is 3. The summed E-state index contributed by atoms with van der Waals surface area (Å²) in [6.07, 6.45) is 1.75. The maximum atomic E-state index is 12.9. The van der Waals surface area contributed by atoms with Gasteiger partial charge >= 0.3 is 6.03 Å². The summed E-state index contributed by atoms with van der Waals surface area (Å²) < 4.78 is 12.9. The van der Waals surface area contributed by atoms with Crippen molar-refractivity contribution < 1.29 is 14.0 Å². The first-order valence-corrected chi connectivity index (χ1v) is 7.92. The molecule has 0 aliphatic carbocycles. The Balaban J connectivity index is 1.42. The quantitative estimate of drug-likeness (QED) is 0.760. The second kappa shape index (κ2) is 6.95. The number of nitrogens with one attached hydrogen (secondary N) is 3. The summed E-state index contributed by atoms with van der Waals surface area (Å²) in [5.74, 6) is -0.344. The SMILES string of the molecule is O=C1NC[C@H](C(=O)NC2CCN(Cc3ccc(F)cc3)CC2)N1. The molecule has 1 aromatic rings. The van der Waals surface area contributed by atoms with E-state index in [2.05, 4.69) is 20.9 Å². The molecule has 3 rings (SSSR count). The largest absolute Gasteiger partial charge is 0.351 e. The van der Waals surface area contributed by atoms with Gasteiger partial charge in [-0.3, -0.25) is 9.69 Å². The Morgan fingerprint density at radius 1 is 1.26 bits per heavy atom. The first-order valence-electron chi connectivity index (χ1n) is 7.92. The molecule has 1 atom stereocenters. The summed E-state index contributed by atoms with van der Waals surface area (Å²) in [7, 11) is 0. The van der Waals surface area contributed by atoms with Gasteiger partial charge in [0.2, 0.25) is 5.91 Å². The molecule has 0 aromatic heterocycles. The lowest BCUT2D eigenvalue weighted by molar-refractivity contribution is -0.123. The third-order valence-electron chi connectivity index (χ3n) is 4.34. The summed E-state index contributed by atoms with van der Waals surface area (Å²) in [5.41, 5.74) is 1.09. The molecule has 2 aliphatic heterocycles. The van der Waals surface area contributed by atoms with Gasteiger partial charge in [-0.2, -0.15) is 0 Å². The molecule has 23 heavy (non-hydrogen) atoms. The van der Waals surface area contributed by atoms with Crippen molar-refractivity contribution in [2.45, 2.75) is 31.5 Å². The molecule has 7 heteroatoms. The molecule has 0 saturated carbocycles. The first kappa shape index (κ1) is 15.7. The monoisotopic (exact) mass is 320 g/mol. The molecule has 0 bridgehead atoms. The van der Waals surface area contributed by atoms with Gasteiger partial charge in [-0.05, 0) is 30.5 Å². The summed E-state index contributed by atoms with van der Waals surface area (Å²) in [6.45, 7) is 2.91. The molecule has 6 nitrogen and oxygen atoms in total. The predicted octanol–water partition coefficient (Wildman–Crippen LogP) is 0.588. The molecule has 0 unspecified atom stereocenters. The van der Waals surface area contributed by atoms with Crippen molar-refractivity contribution in [1.82, 2.24) is 20.9 Å². The summed E-state index contributed by atoms with van der Waals surface area (Å²) >= 11 is 0. The molecule has 0 spiro atoms. The lowest BCUT2D eigenvalue weighted by Crippen LogP contribution is -2.50. The van der Waals surface area contributed by atoms with Gasteiger partial charge < -0.3 is 16.0 Å². The number of halogens is 1. The van der Waals surface area contributed by atoms with Crippen LogP contribution in [0.3, 0.4) is 0 Å². The van der Waals surface area contributed by atoms with Crippen molar-refractivity contribution in [3.8, 4) is 0 Å². The third kappa shape index (κ3) is 4.19. The number of carbonyl (C=O) groups excluding carboxylic acids is 2. The normalized spacial score (nSPS) is 22.5. The zero-order valence-corrected chi connectivity index (χ0v) is 12.8. The fourth-order valence-electron chi connectivity index (χ4n) is 3.00. The summed E-state index contributed by atoms with van der Waals surface area (Å²) in [4.78, 5) is 25.4. The summed E-state index contributed by atoms with van der Waals surface area (Å²) in [5, 5.41) is 8.17. The van der Waals surface area contributed by atoms with Crippen molar-refractivity contribution in [1.29, 1.82) is 0 Å². The molecular formula is C16H21FN4O2. The Bertz CT molecular complexity index is 570.